The minimum absolute atomic E-state index is 0.0217. The molecule has 174 valence electrons. The Morgan fingerprint density at radius 2 is 1.66 bits per heavy atom. The van der Waals surface area contributed by atoms with Crippen LogP contribution in [0, 0.1) is 5.82 Å². The van der Waals surface area contributed by atoms with E-state index >= 15 is 0 Å². The summed E-state index contributed by atoms with van der Waals surface area (Å²) in [7, 11) is 0. The number of imide groups is 1. The Morgan fingerprint density at radius 1 is 0.943 bits per heavy atom. The maximum absolute atomic E-state index is 13.8. The van der Waals surface area contributed by atoms with Gasteiger partial charge in [0.05, 0.1) is 5.69 Å². The molecule has 8 heteroatoms. The van der Waals surface area contributed by atoms with Crippen molar-refractivity contribution in [3.8, 4) is 0 Å². The predicted octanol–water partition coefficient (Wildman–Crippen LogP) is 4.36. The molecule has 7 nitrogen and oxygen atoms in total. The second-order valence-corrected chi connectivity index (χ2v) is 8.12. The van der Waals surface area contributed by atoms with Crippen LogP contribution in [0.25, 0.3) is 17.0 Å². The smallest absolute Gasteiger partial charge is 0.329 e. The number of anilines is 1. The minimum Gasteiger partial charge on any atom is -0.342 e. The van der Waals surface area contributed by atoms with E-state index in [2.05, 4.69) is 15.2 Å². The molecule has 0 unspecified atom stereocenters. The van der Waals surface area contributed by atoms with Crippen LogP contribution < -0.4 is 10.6 Å². The largest absolute Gasteiger partial charge is 0.342 e. The average molecular weight is 468 g/mol. The van der Waals surface area contributed by atoms with Gasteiger partial charge in [0.25, 0.3) is 5.91 Å². The summed E-state index contributed by atoms with van der Waals surface area (Å²) in [6.45, 7) is 0.110. The molecule has 1 aliphatic rings. The quantitative estimate of drug-likeness (QED) is 0.326. The molecule has 0 aliphatic carbocycles. The van der Waals surface area contributed by atoms with Crippen LogP contribution >= 0.6 is 0 Å². The second-order valence-electron chi connectivity index (χ2n) is 8.12. The number of fused-ring (bicyclic) bond motifs is 1. The molecule has 2 heterocycles. The lowest BCUT2D eigenvalue weighted by Gasteiger charge is -2.12. The Kier molecular flexibility index (Phi) is 5.85. The molecule has 1 saturated heterocycles. The summed E-state index contributed by atoms with van der Waals surface area (Å²) in [5.41, 5.74) is 2.92. The van der Waals surface area contributed by atoms with E-state index in [9.17, 15) is 18.8 Å². The summed E-state index contributed by atoms with van der Waals surface area (Å²) in [5.74, 6) is -1.91. The van der Waals surface area contributed by atoms with Gasteiger partial charge in [-0.05, 0) is 29.8 Å². The van der Waals surface area contributed by atoms with E-state index in [1.165, 1.54) is 18.2 Å². The lowest BCUT2D eigenvalue weighted by Crippen LogP contribution is -2.38. The molecular formula is C27H21FN4O3. The van der Waals surface area contributed by atoms with Crippen molar-refractivity contribution in [3.63, 3.8) is 0 Å². The topological polar surface area (TPSA) is 83.4 Å². The number of aromatic nitrogens is 1. The van der Waals surface area contributed by atoms with E-state index in [0.717, 1.165) is 26.9 Å². The summed E-state index contributed by atoms with van der Waals surface area (Å²) >= 11 is 0. The summed E-state index contributed by atoms with van der Waals surface area (Å²) in [4.78, 5) is 38.5. The van der Waals surface area contributed by atoms with Crippen LogP contribution in [0.2, 0.25) is 0 Å². The monoisotopic (exact) mass is 468 g/mol. The number of urea groups is 1. The van der Waals surface area contributed by atoms with Gasteiger partial charge in [-0.15, -0.1) is 0 Å². The number of carbonyl (C=O) groups excluding carboxylic acids is 3. The Bertz CT molecular complexity index is 1480. The van der Waals surface area contributed by atoms with Gasteiger partial charge in [-0.1, -0.05) is 60.7 Å². The summed E-state index contributed by atoms with van der Waals surface area (Å²) in [6.07, 6.45) is 3.54. The second kappa shape index (κ2) is 9.26. The highest BCUT2D eigenvalue weighted by Crippen LogP contribution is 2.25. The van der Waals surface area contributed by atoms with E-state index in [4.69, 9.17) is 0 Å². The SMILES string of the molecule is O=C(CN1C(=O)N/C(=C/c2cn(Cc3ccccc3)c3ccccc23)C1=O)Nc1ccccc1F. The maximum Gasteiger partial charge on any atom is 0.329 e. The van der Waals surface area contributed by atoms with Crippen LogP contribution in [0.3, 0.4) is 0 Å². The van der Waals surface area contributed by atoms with Gasteiger partial charge in [0.1, 0.15) is 18.1 Å². The lowest BCUT2D eigenvalue weighted by molar-refractivity contribution is -0.127. The molecule has 4 aromatic rings. The summed E-state index contributed by atoms with van der Waals surface area (Å²) in [5, 5.41) is 5.85. The molecule has 0 radical (unpaired) electrons. The molecule has 0 bridgehead atoms. The van der Waals surface area contributed by atoms with Gasteiger partial charge in [0.2, 0.25) is 5.91 Å². The maximum atomic E-state index is 13.8. The molecular weight excluding hydrogens is 447 g/mol. The zero-order valence-corrected chi connectivity index (χ0v) is 18.6. The third kappa shape index (κ3) is 4.54. The fourth-order valence-electron chi connectivity index (χ4n) is 4.07. The normalized spacial score (nSPS) is 14.5. The van der Waals surface area contributed by atoms with E-state index < -0.39 is 30.2 Å². The standard InChI is InChI=1S/C27H21FN4O3/c28-21-11-5-6-12-22(21)29-25(33)17-32-26(34)23(30-27(32)35)14-19-16-31(15-18-8-2-1-3-9-18)24-13-7-4-10-20(19)24/h1-14,16H,15,17H2,(H,29,33)(H,30,35)/b23-14+. The number of nitrogens with zero attached hydrogens (tertiary/aromatic N) is 2. The van der Waals surface area contributed by atoms with Crippen molar-refractivity contribution in [2.45, 2.75) is 6.54 Å². The van der Waals surface area contributed by atoms with Crippen molar-refractivity contribution in [2.24, 2.45) is 0 Å². The number of hydrogen-bond donors (Lipinski definition) is 2. The van der Waals surface area contributed by atoms with Crippen molar-refractivity contribution < 1.29 is 18.8 Å². The molecule has 0 saturated carbocycles. The minimum atomic E-state index is -0.710. The molecule has 0 atom stereocenters. The van der Waals surface area contributed by atoms with Crippen LogP contribution in [0.1, 0.15) is 11.1 Å². The fraction of sp³-hybridized carbons (Fsp3) is 0.0741. The fourth-order valence-corrected chi connectivity index (χ4v) is 4.07. The summed E-state index contributed by atoms with van der Waals surface area (Å²) in [6, 6.07) is 22.8. The van der Waals surface area contributed by atoms with Gasteiger partial charge in [0.15, 0.2) is 0 Å². The highest BCUT2D eigenvalue weighted by molar-refractivity contribution is 6.16. The Morgan fingerprint density at radius 3 is 2.46 bits per heavy atom. The molecule has 0 spiro atoms. The van der Waals surface area contributed by atoms with Crippen molar-refractivity contribution >= 4 is 40.5 Å². The zero-order chi connectivity index (χ0) is 24.4. The van der Waals surface area contributed by atoms with Crippen molar-refractivity contribution in [3.05, 3.63) is 108 Å². The predicted molar refractivity (Wildman–Crippen MR) is 131 cm³/mol. The third-order valence-corrected chi connectivity index (χ3v) is 5.73. The van der Waals surface area contributed by atoms with Gasteiger partial charge in [-0.3, -0.25) is 9.59 Å². The first kappa shape index (κ1) is 22.1. The number of hydrogen-bond acceptors (Lipinski definition) is 3. The average Bonchev–Trinajstić information content (AvgIpc) is 3.33. The number of halogens is 1. The summed E-state index contributed by atoms with van der Waals surface area (Å²) < 4.78 is 15.9. The van der Waals surface area contributed by atoms with Crippen LogP contribution in [-0.4, -0.2) is 33.9 Å². The molecule has 4 amide bonds. The number of nitrogens with one attached hydrogen (secondary N) is 2. The molecule has 5 rings (SSSR count). The zero-order valence-electron chi connectivity index (χ0n) is 18.6. The number of amides is 4. The van der Waals surface area contributed by atoms with Gasteiger partial charge in [-0.2, -0.15) is 0 Å². The number of para-hydroxylation sites is 2. The molecule has 1 fully saturated rings. The van der Waals surface area contributed by atoms with Crippen molar-refractivity contribution in [1.29, 1.82) is 0 Å². The number of carbonyl (C=O) groups is 3. The van der Waals surface area contributed by atoms with Gasteiger partial charge in [-0.25, -0.2) is 14.1 Å². The Hall–Kier alpha value is -4.72. The van der Waals surface area contributed by atoms with Crippen LogP contribution in [0.15, 0.2) is 90.8 Å². The van der Waals surface area contributed by atoms with E-state index in [0.29, 0.717) is 6.54 Å². The molecule has 2 N–H and O–H groups in total. The number of benzene rings is 3. The van der Waals surface area contributed by atoms with Crippen LogP contribution in [-0.2, 0) is 16.1 Å². The third-order valence-electron chi connectivity index (χ3n) is 5.73. The lowest BCUT2D eigenvalue weighted by atomic mass is 10.1. The van der Waals surface area contributed by atoms with Crippen LogP contribution in [0.4, 0.5) is 14.9 Å². The molecule has 3 aromatic carbocycles. The Labute approximate surface area is 200 Å². The van der Waals surface area contributed by atoms with E-state index in [1.54, 1.807) is 12.1 Å². The van der Waals surface area contributed by atoms with E-state index in [1.807, 2.05) is 60.8 Å². The highest BCUT2D eigenvalue weighted by Gasteiger charge is 2.35. The van der Waals surface area contributed by atoms with Gasteiger partial charge in [0, 0.05) is 29.2 Å². The Balaban J connectivity index is 1.38. The first-order valence-electron chi connectivity index (χ1n) is 11.0. The van der Waals surface area contributed by atoms with Gasteiger partial charge >= 0.3 is 6.03 Å². The van der Waals surface area contributed by atoms with Crippen molar-refractivity contribution in [2.75, 3.05) is 11.9 Å². The molecule has 1 aromatic heterocycles. The first-order valence-corrected chi connectivity index (χ1v) is 11.0. The van der Waals surface area contributed by atoms with Crippen LogP contribution in [0.5, 0.6) is 0 Å². The van der Waals surface area contributed by atoms with Crippen molar-refractivity contribution in [1.82, 2.24) is 14.8 Å². The molecule has 1 aliphatic heterocycles. The highest BCUT2D eigenvalue weighted by atomic mass is 19.1. The molecule has 35 heavy (non-hydrogen) atoms. The van der Waals surface area contributed by atoms with Gasteiger partial charge < -0.3 is 15.2 Å². The van der Waals surface area contributed by atoms with E-state index in [-0.39, 0.29) is 11.4 Å². The number of rotatable bonds is 6. The first-order chi connectivity index (χ1) is 17.0.